The molecule has 1 fully saturated rings. The lowest BCUT2D eigenvalue weighted by Gasteiger charge is -2.36. The topological polar surface area (TPSA) is 74.2 Å². The summed E-state index contributed by atoms with van der Waals surface area (Å²) >= 11 is 0. The quantitative estimate of drug-likeness (QED) is 0.898. The molecule has 0 aromatic carbocycles. The molecule has 1 saturated carbocycles. The fourth-order valence-corrected chi connectivity index (χ4v) is 3.02. The maximum absolute atomic E-state index is 5.87. The van der Waals surface area contributed by atoms with Crippen LogP contribution in [0.25, 0.3) is 0 Å². The molecule has 2 rings (SSSR count). The van der Waals surface area contributed by atoms with Gasteiger partial charge in [-0.1, -0.05) is 25.4 Å². The molecule has 1 aromatic heterocycles. The Morgan fingerprint density at radius 3 is 2.85 bits per heavy atom. The summed E-state index contributed by atoms with van der Waals surface area (Å²) in [7, 11) is 1.75. The molecule has 0 saturated heterocycles. The predicted molar refractivity (Wildman–Crippen MR) is 77.3 cm³/mol. The smallest absolute Gasteiger partial charge is 0.233 e. The van der Waals surface area contributed by atoms with Crippen molar-refractivity contribution in [1.29, 1.82) is 0 Å². The van der Waals surface area contributed by atoms with Crippen molar-refractivity contribution in [1.82, 2.24) is 10.1 Å². The number of rotatable bonds is 5. The van der Waals surface area contributed by atoms with Crippen LogP contribution in [0.4, 0.5) is 0 Å². The fourth-order valence-electron chi connectivity index (χ4n) is 3.02. The third-order valence-electron chi connectivity index (χ3n) is 4.93. The van der Waals surface area contributed by atoms with Crippen LogP contribution in [0.2, 0.25) is 0 Å². The lowest BCUT2D eigenvalue weighted by atomic mass is 9.78. The van der Waals surface area contributed by atoms with Crippen LogP contribution in [-0.2, 0) is 15.8 Å². The minimum atomic E-state index is -0.386. The van der Waals surface area contributed by atoms with Crippen molar-refractivity contribution in [3.8, 4) is 0 Å². The molecular formula is C15H27N3O2. The van der Waals surface area contributed by atoms with E-state index in [0.29, 0.717) is 24.2 Å². The first-order valence-corrected chi connectivity index (χ1v) is 7.59. The lowest BCUT2D eigenvalue weighted by Crippen LogP contribution is -2.36. The normalized spacial score (nSPS) is 30.1. The van der Waals surface area contributed by atoms with Gasteiger partial charge in [0.2, 0.25) is 11.7 Å². The Morgan fingerprint density at radius 1 is 1.55 bits per heavy atom. The number of nitrogens with two attached hydrogens (primary N) is 1. The van der Waals surface area contributed by atoms with E-state index in [-0.39, 0.29) is 11.0 Å². The maximum Gasteiger partial charge on any atom is 0.233 e. The van der Waals surface area contributed by atoms with E-state index < -0.39 is 0 Å². The van der Waals surface area contributed by atoms with Crippen LogP contribution in [0, 0.1) is 5.92 Å². The van der Waals surface area contributed by atoms with Crippen molar-refractivity contribution in [3.05, 3.63) is 11.7 Å². The van der Waals surface area contributed by atoms with E-state index in [9.17, 15) is 0 Å². The minimum Gasteiger partial charge on any atom is -0.370 e. The highest BCUT2D eigenvalue weighted by Crippen LogP contribution is 2.41. The van der Waals surface area contributed by atoms with Crippen LogP contribution in [-0.4, -0.2) is 23.8 Å². The zero-order chi connectivity index (χ0) is 14.8. The Kier molecular flexibility index (Phi) is 4.49. The summed E-state index contributed by atoms with van der Waals surface area (Å²) in [6, 6.07) is 0. The first-order chi connectivity index (χ1) is 9.49. The Hall–Kier alpha value is -0.940. The van der Waals surface area contributed by atoms with Gasteiger partial charge in [-0.2, -0.15) is 4.98 Å². The van der Waals surface area contributed by atoms with Gasteiger partial charge in [0.1, 0.15) is 5.60 Å². The molecule has 114 valence electrons. The highest BCUT2D eigenvalue weighted by atomic mass is 16.5. The van der Waals surface area contributed by atoms with Crippen molar-refractivity contribution in [2.24, 2.45) is 11.7 Å². The third-order valence-corrected chi connectivity index (χ3v) is 4.93. The van der Waals surface area contributed by atoms with Crippen LogP contribution >= 0.6 is 0 Å². The summed E-state index contributed by atoms with van der Waals surface area (Å²) in [5.74, 6) is 1.94. The number of methoxy groups -OCH3 is 1. The predicted octanol–water partition coefficient (Wildman–Crippen LogP) is 2.75. The first kappa shape index (κ1) is 15.4. The van der Waals surface area contributed by atoms with Gasteiger partial charge >= 0.3 is 0 Å². The largest absolute Gasteiger partial charge is 0.370 e. The maximum atomic E-state index is 5.87. The zero-order valence-corrected chi connectivity index (χ0v) is 13.1. The summed E-state index contributed by atoms with van der Waals surface area (Å²) in [5, 5.41) is 4.21. The van der Waals surface area contributed by atoms with Crippen LogP contribution in [0.5, 0.6) is 0 Å². The monoisotopic (exact) mass is 281 g/mol. The average Bonchev–Trinajstić information content (AvgIpc) is 2.97. The Morgan fingerprint density at radius 2 is 2.30 bits per heavy atom. The molecule has 20 heavy (non-hydrogen) atoms. The fraction of sp³-hybridized carbons (Fsp3) is 0.867. The summed E-state index contributed by atoms with van der Waals surface area (Å²) < 4.78 is 11.3. The molecule has 0 spiro atoms. The Bertz CT molecular complexity index is 442. The molecule has 0 bridgehead atoms. The number of nitrogens with zero attached hydrogens (tertiary/aromatic N) is 2. The number of hydrogen-bond acceptors (Lipinski definition) is 5. The van der Waals surface area contributed by atoms with Crippen LogP contribution in [0.3, 0.4) is 0 Å². The van der Waals surface area contributed by atoms with Gasteiger partial charge in [-0.05, 0) is 38.5 Å². The minimum absolute atomic E-state index is 0.250. The molecular weight excluding hydrogens is 254 g/mol. The molecule has 1 aliphatic carbocycles. The number of aromatic nitrogens is 2. The van der Waals surface area contributed by atoms with Gasteiger partial charge in [0.25, 0.3) is 0 Å². The Balaban J connectivity index is 2.31. The summed E-state index contributed by atoms with van der Waals surface area (Å²) in [5.41, 5.74) is 5.23. The van der Waals surface area contributed by atoms with E-state index in [1.165, 1.54) is 6.42 Å². The highest BCUT2D eigenvalue weighted by Gasteiger charge is 2.42. The molecule has 1 aromatic rings. The van der Waals surface area contributed by atoms with Crippen LogP contribution in [0.15, 0.2) is 4.52 Å². The average molecular weight is 281 g/mol. The molecule has 1 aliphatic rings. The van der Waals surface area contributed by atoms with Gasteiger partial charge in [-0.3, -0.25) is 0 Å². The van der Waals surface area contributed by atoms with Crippen LogP contribution in [0.1, 0.15) is 64.6 Å². The van der Waals surface area contributed by atoms with E-state index in [2.05, 4.69) is 30.9 Å². The van der Waals surface area contributed by atoms with Crippen LogP contribution < -0.4 is 5.73 Å². The summed E-state index contributed by atoms with van der Waals surface area (Å²) in [6.07, 6.45) is 5.17. The van der Waals surface area contributed by atoms with E-state index >= 15 is 0 Å². The van der Waals surface area contributed by atoms with Crippen molar-refractivity contribution in [2.75, 3.05) is 13.7 Å². The molecule has 5 heteroatoms. The second-order valence-electron chi connectivity index (χ2n) is 6.44. The number of hydrogen-bond donors (Lipinski definition) is 1. The van der Waals surface area contributed by atoms with Crippen molar-refractivity contribution in [2.45, 2.75) is 63.9 Å². The molecule has 3 unspecified atom stereocenters. The van der Waals surface area contributed by atoms with Gasteiger partial charge < -0.3 is 15.0 Å². The third kappa shape index (κ3) is 2.61. The van der Waals surface area contributed by atoms with Crippen molar-refractivity contribution in [3.63, 3.8) is 0 Å². The number of ether oxygens (including phenoxy) is 1. The van der Waals surface area contributed by atoms with Gasteiger partial charge in [0.15, 0.2) is 0 Å². The van der Waals surface area contributed by atoms with Crippen molar-refractivity contribution < 1.29 is 9.26 Å². The SMILES string of the molecule is CCC(C)(CN)c1nc(C2(OC)CCCC(C)C2)no1. The zero-order valence-electron chi connectivity index (χ0n) is 13.1. The first-order valence-electron chi connectivity index (χ1n) is 7.59. The van der Waals surface area contributed by atoms with Gasteiger partial charge in [-0.25, -0.2) is 0 Å². The second-order valence-corrected chi connectivity index (χ2v) is 6.44. The Labute approximate surface area is 121 Å². The standard InChI is InChI=1S/C15H27N3O2/c1-5-14(3,10-16)13-17-12(18-20-13)15(19-4)8-6-7-11(2)9-15/h11H,5-10,16H2,1-4H3. The molecule has 0 amide bonds. The molecule has 0 aliphatic heterocycles. The van der Waals surface area contributed by atoms with Crippen molar-refractivity contribution >= 4 is 0 Å². The molecule has 1 heterocycles. The van der Waals surface area contributed by atoms with E-state index in [1.54, 1.807) is 7.11 Å². The van der Waals surface area contributed by atoms with E-state index in [1.807, 2.05) is 0 Å². The molecule has 3 atom stereocenters. The molecule has 5 nitrogen and oxygen atoms in total. The highest BCUT2D eigenvalue weighted by molar-refractivity contribution is 5.09. The lowest BCUT2D eigenvalue weighted by molar-refractivity contribution is -0.0658. The van der Waals surface area contributed by atoms with Gasteiger partial charge in [0.05, 0.1) is 5.41 Å². The second kappa shape index (κ2) is 5.82. The summed E-state index contributed by atoms with van der Waals surface area (Å²) in [4.78, 5) is 4.64. The van der Waals surface area contributed by atoms with E-state index in [0.717, 1.165) is 25.7 Å². The van der Waals surface area contributed by atoms with Gasteiger partial charge in [-0.15, -0.1) is 0 Å². The van der Waals surface area contributed by atoms with E-state index in [4.69, 9.17) is 15.0 Å². The molecule has 2 N–H and O–H groups in total. The van der Waals surface area contributed by atoms with Gasteiger partial charge in [0, 0.05) is 13.7 Å². The summed E-state index contributed by atoms with van der Waals surface area (Å²) in [6.45, 7) is 6.91. The molecule has 0 radical (unpaired) electrons.